The summed E-state index contributed by atoms with van der Waals surface area (Å²) in [6, 6.07) is -0.887. The van der Waals surface area contributed by atoms with Gasteiger partial charge in [-0.25, -0.2) is 14.4 Å². The molecule has 5 rings (SSSR count). The molecule has 0 saturated carbocycles. The zero-order valence-electron chi connectivity index (χ0n) is 46.5. The number of rotatable bonds is 22. The molecule has 79 heavy (non-hydrogen) atoms. The summed E-state index contributed by atoms with van der Waals surface area (Å²) >= 11 is 8.25. The van der Waals surface area contributed by atoms with Crippen LogP contribution in [-0.2, 0) is 58.9 Å². The minimum atomic E-state index is -1.92. The SMILES string of the molecule is COc1cc2cc(c1Cl)N(C)C(=O)CC(OC(=O)[C@H](C)N(C)C(=O)NC(CCSC)C(=O)NC(CCCCN)C(=O)NCCNC(=O)CCN1C(=O)CCC1=O)C1(C)OC1C(C)C1CC(O)(NC(=O)O1)C(OC)/C=C/C=C(\C)C2. The number of anilines is 1. The second-order valence-corrected chi connectivity index (χ2v) is 21.8. The largest absolute Gasteiger partial charge is 0.495 e. The zero-order valence-corrected chi connectivity index (χ0v) is 48.1. The third kappa shape index (κ3) is 16.8. The van der Waals surface area contributed by atoms with Crippen LogP contribution in [0.4, 0.5) is 15.3 Å². The number of carbonyl (C=O) groups excluding carboxylic acids is 9. The number of methoxy groups -OCH3 is 2. The Labute approximate surface area is 470 Å². The summed E-state index contributed by atoms with van der Waals surface area (Å²) < 4.78 is 29.5. The lowest BCUT2D eigenvalue weighted by Crippen LogP contribution is -2.63. The molecule has 438 valence electrons. The lowest BCUT2D eigenvalue weighted by atomic mass is 9.83. The van der Waals surface area contributed by atoms with Crippen LogP contribution in [0.3, 0.4) is 0 Å². The first-order chi connectivity index (χ1) is 37.4. The molecular weight excluding hydrogens is 1070 g/mol. The molecule has 0 spiro atoms. The number of esters is 1. The number of alkyl carbamates (subject to hydrolysis) is 1. The summed E-state index contributed by atoms with van der Waals surface area (Å²) in [6.07, 6.45) is 3.30. The Morgan fingerprint density at radius 3 is 2.35 bits per heavy atom. The maximum atomic E-state index is 14.5. The number of likely N-dealkylation sites (tertiary alicyclic amines) is 1. The normalized spacial score (nSPS) is 26.4. The summed E-state index contributed by atoms with van der Waals surface area (Å²) in [5.41, 5.74) is 4.36. The quantitative estimate of drug-likeness (QED) is 0.0379. The molecule has 0 radical (unpaired) electrons. The number of imide groups is 1. The van der Waals surface area contributed by atoms with Crippen molar-refractivity contribution >= 4 is 82.6 Å². The second-order valence-electron chi connectivity index (χ2n) is 20.5. The van der Waals surface area contributed by atoms with Gasteiger partial charge in [0.1, 0.15) is 52.8 Å². The van der Waals surface area contributed by atoms with Crippen LogP contribution in [0.2, 0.25) is 5.02 Å². The van der Waals surface area contributed by atoms with Crippen molar-refractivity contribution in [1.82, 2.24) is 36.4 Å². The predicted molar refractivity (Wildman–Crippen MR) is 293 cm³/mol. The average Bonchev–Trinajstić information content (AvgIpc) is 4.22. The van der Waals surface area contributed by atoms with Crippen molar-refractivity contribution in [3.63, 3.8) is 0 Å². The zero-order chi connectivity index (χ0) is 58.4. The number of ether oxygens (including phenoxy) is 5. The van der Waals surface area contributed by atoms with E-state index < -0.39 is 108 Å². The van der Waals surface area contributed by atoms with Crippen LogP contribution in [0.5, 0.6) is 5.75 Å². The predicted octanol–water partition coefficient (Wildman–Crippen LogP) is 2.20. The number of thioether (sulfide) groups is 1. The van der Waals surface area contributed by atoms with E-state index in [4.69, 9.17) is 41.0 Å². The Morgan fingerprint density at radius 2 is 1.70 bits per heavy atom. The first-order valence-corrected chi connectivity index (χ1v) is 28.2. The number of nitrogens with one attached hydrogen (secondary N) is 5. The van der Waals surface area contributed by atoms with Gasteiger partial charge in [-0.05, 0) is 89.1 Å². The number of aliphatic hydroxyl groups is 1. The summed E-state index contributed by atoms with van der Waals surface area (Å²) in [4.78, 5) is 123. The average molecular weight is 1150 g/mol. The maximum Gasteiger partial charge on any atom is 0.409 e. The molecular formula is C53H78ClN9O15S. The van der Waals surface area contributed by atoms with Gasteiger partial charge in [0.05, 0.1) is 25.3 Å². The van der Waals surface area contributed by atoms with Crippen molar-refractivity contribution < 1.29 is 71.9 Å². The number of epoxide rings is 1. The number of nitrogens with zero attached hydrogens (tertiary/aromatic N) is 3. The summed E-state index contributed by atoms with van der Waals surface area (Å²) in [5, 5.41) is 25.4. The molecule has 24 nitrogen and oxygen atoms in total. The van der Waals surface area contributed by atoms with Gasteiger partial charge in [-0.2, -0.15) is 11.8 Å². The van der Waals surface area contributed by atoms with Gasteiger partial charge in [0, 0.05) is 72.4 Å². The van der Waals surface area contributed by atoms with E-state index in [0.717, 1.165) is 20.9 Å². The topological polar surface area (TPSA) is 319 Å². The molecule has 10 atom stereocenters. The van der Waals surface area contributed by atoms with Crippen LogP contribution in [0.25, 0.3) is 0 Å². The van der Waals surface area contributed by atoms with Crippen LogP contribution >= 0.6 is 23.4 Å². The number of hydrogen-bond acceptors (Lipinski definition) is 17. The Morgan fingerprint density at radius 1 is 1.01 bits per heavy atom. The number of halogens is 1. The molecule has 1 aromatic carbocycles. The highest BCUT2D eigenvalue weighted by molar-refractivity contribution is 7.98. The highest BCUT2D eigenvalue weighted by Gasteiger charge is 2.64. The molecule has 26 heteroatoms. The molecule has 9 amide bonds. The number of fused-ring (bicyclic) bond motifs is 5. The smallest absolute Gasteiger partial charge is 0.409 e. The molecule has 4 bridgehead atoms. The molecule has 4 aliphatic rings. The lowest BCUT2D eigenvalue weighted by molar-refractivity contribution is -0.158. The number of urea groups is 1. The third-order valence-electron chi connectivity index (χ3n) is 14.7. The van der Waals surface area contributed by atoms with E-state index in [1.54, 1.807) is 38.1 Å². The van der Waals surface area contributed by atoms with Gasteiger partial charge in [-0.15, -0.1) is 0 Å². The monoisotopic (exact) mass is 1150 g/mol. The van der Waals surface area contributed by atoms with Gasteiger partial charge in [0.2, 0.25) is 35.4 Å². The van der Waals surface area contributed by atoms with Crippen molar-refractivity contribution in [1.29, 1.82) is 0 Å². The third-order valence-corrected chi connectivity index (χ3v) is 15.7. The molecule has 3 saturated heterocycles. The fourth-order valence-electron chi connectivity index (χ4n) is 9.65. The van der Waals surface area contributed by atoms with E-state index in [2.05, 4.69) is 26.6 Å². The van der Waals surface area contributed by atoms with Crippen LogP contribution in [0.1, 0.15) is 91.0 Å². The van der Waals surface area contributed by atoms with Crippen LogP contribution < -0.4 is 42.0 Å². The molecule has 4 heterocycles. The van der Waals surface area contributed by atoms with E-state index in [1.165, 1.54) is 51.9 Å². The van der Waals surface area contributed by atoms with Gasteiger partial charge in [-0.1, -0.05) is 42.3 Å². The molecule has 9 unspecified atom stereocenters. The Balaban J connectivity index is 1.32. The van der Waals surface area contributed by atoms with Crippen molar-refractivity contribution in [2.75, 3.05) is 71.4 Å². The minimum Gasteiger partial charge on any atom is -0.495 e. The maximum absolute atomic E-state index is 14.5. The fraction of sp³-hybridized carbons (Fsp3) is 0.642. The molecule has 8 N–H and O–H groups in total. The minimum absolute atomic E-state index is 0.00202. The van der Waals surface area contributed by atoms with E-state index in [1.807, 2.05) is 19.3 Å². The summed E-state index contributed by atoms with van der Waals surface area (Å²) in [5.74, 6) is -3.68. The van der Waals surface area contributed by atoms with Gasteiger partial charge in [0.25, 0.3) is 0 Å². The van der Waals surface area contributed by atoms with E-state index in [-0.39, 0.29) is 75.0 Å². The lowest BCUT2D eigenvalue weighted by Gasteiger charge is -2.42. The summed E-state index contributed by atoms with van der Waals surface area (Å²) in [6.45, 7) is 7.01. The first-order valence-electron chi connectivity index (χ1n) is 26.4. The number of amides is 9. The molecule has 3 fully saturated rings. The molecule has 0 aliphatic carbocycles. The number of carbonyl (C=O) groups is 9. The number of benzene rings is 1. The van der Waals surface area contributed by atoms with Crippen LogP contribution in [0, 0.1) is 5.92 Å². The van der Waals surface area contributed by atoms with Crippen LogP contribution in [-0.4, -0.2) is 189 Å². The van der Waals surface area contributed by atoms with Crippen LogP contribution in [0.15, 0.2) is 35.9 Å². The van der Waals surface area contributed by atoms with Crippen molar-refractivity contribution in [3.05, 3.63) is 46.5 Å². The standard InChI is InChI=1S/C53H78ClN9O15S/c1-30-13-12-15-39(75-8)53(73)29-38(76-51(72)60-53)31(2)46-52(4,78-46)40(28-44(67)62(6)36-26-33(25-30)27-37(74-7)45(36)54)77-49(70)32(3)61(5)50(71)59-35(19-24-79-9)48(69)58-34(14-10-11-20-55)47(68)57-22-21-56-41(64)18-23-63-42(65)16-17-43(63)66/h12-13,15,26-27,31-32,34-35,38-40,46,73H,10-11,14,16-25,28-29,55H2,1-9H3,(H,56,64)(H,57,68)(H,58,69)(H,59,71)(H,60,72)/b15-12+,30-13+/t31?,32-,34?,35?,38?,39?,40?,46?,52?,53?/m0/s1. The van der Waals surface area contributed by atoms with E-state index in [9.17, 15) is 48.3 Å². The van der Waals surface area contributed by atoms with Crippen molar-refractivity contribution in [2.45, 2.75) is 146 Å². The molecule has 4 aliphatic heterocycles. The van der Waals surface area contributed by atoms with Gasteiger partial charge < -0.3 is 65.6 Å². The summed E-state index contributed by atoms with van der Waals surface area (Å²) in [7, 11) is 5.70. The van der Waals surface area contributed by atoms with Gasteiger partial charge >= 0.3 is 18.1 Å². The fourth-order valence-corrected chi connectivity index (χ4v) is 10.4. The number of nitrogens with two attached hydrogens (primary N) is 1. The number of likely N-dealkylation sites (N-methyl/N-ethyl adjacent to an activating group) is 1. The number of unbranched alkanes of at least 4 members (excludes halogenated alkanes) is 1. The van der Waals surface area contributed by atoms with Crippen molar-refractivity contribution in [3.8, 4) is 5.75 Å². The Bertz CT molecular complexity index is 2470. The second kappa shape index (κ2) is 28.9. The number of hydrogen-bond donors (Lipinski definition) is 7. The van der Waals surface area contributed by atoms with Gasteiger partial charge in [0.15, 0.2) is 5.72 Å². The molecule has 1 aromatic rings. The highest BCUT2D eigenvalue weighted by atomic mass is 35.5. The van der Waals surface area contributed by atoms with Gasteiger partial charge in [-0.3, -0.25) is 39.0 Å². The van der Waals surface area contributed by atoms with E-state index in [0.29, 0.717) is 43.0 Å². The first kappa shape index (κ1) is 63.8. The Hall–Kier alpha value is -5.99. The van der Waals surface area contributed by atoms with Crippen molar-refractivity contribution in [2.24, 2.45) is 11.7 Å². The molecule has 0 aromatic heterocycles. The Kier molecular flexibility index (Phi) is 23.4. The highest BCUT2D eigenvalue weighted by Crippen LogP contribution is 2.49. The number of allylic oxidation sites excluding steroid dienone is 3. The van der Waals surface area contributed by atoms with E-state index >= 15 is 0 Å².